The van der Waals surface area contributed by atoms with Gasteiger partial charge in [0.05, 0.1) is 0 Å². The molecule has 0 atom stereocenters. The molecule has 0 radical (unpaired) electrons. The number of hydrogen-bond acceptors (Lipinski definition) is 0. The fraction of sp³-hybridized carbons (Fsp3) is 0.574. The molecule has 0 spiro atoms. The van der Waals surface area contributed by atoms with Gasteiger partial charge in [0, 0.05) is 0 Å². The van der Waals surface area contributed by atoms with E-state index in [1.54, 1.807) is 0 Å². The van der Waals surface area contributed by atoms with Crippen molar-refractivity contribution in [2.75, 3.05) is 0 Å². The lowest BCUT2D eigenvalue weighted by molar-refractivity contribution is 0.967. The van der Waals surface area contributed by atoms with Crippen LogP contribution >= 0.6 is 0 Å². The van der Waals surface area contributed by atoms with Gasteiger partial charge in [-0.25, -0.2) is 0 Å². The molecule has 0 amide bonds. The molecule has 0 heterocycles. The van der Waals surface area contributed by atoms with Crippen LogP contribution < -0.4 is 0 Å². The van der Waals surface area contributed by atoms with Crippen LogP contribution in [0.3, 0.4) is 0 Å². The highest BCUT2D eigenvalue weighted by molar-refractivity contribution is 5.32. The molecule has 0 rings (SSSR count). The third kappa shape index (κ3) is 108. The van der Waals surface area contributed by atoms with Crippen LogP contribution in [0.1, 0.15) is 237 Å². The summed E-state index contributed by atoms with van der Waals surface area (Å²) < 4.78 is 0. The molecule has 0 heteroatoms. The van der Waals surface area contributed by atoms with Gasteiger partial charge in [0.1, 0.15) is 0 Å². The van der Waals surface area contributed by atoms with Gasteiger partial charge in [0.15, 0.2) is 0 Å². The van der Waals surface area contributed by atoms with E-state index < -0.39 is 0 Å². The van der Waals surface area contributed by atoms with E-state index in [9.17, 15) is 0 Å². The van der Waals surface area contributed by atoms with Crippen LogP contribution in [0.25, 0.3) is 0 Å². The minimum absolute atomic E-state index is 1.12. The van der Waals surface area contributed by atoms with Gasteiger partial charge < -0.3 is 0 Å². The minimum atomic E-state index is 1.12. The summed E-state index contributed by atoms with van der Waals surface area (Å²) >= 11 is 0. The lowest BCUT2D eigenvalue weighted by Crippen LogP contribution is -1.76. The lowest BCUT2D eigenvalue weighted by atomic mass is 10.1. The first kappa shape index (κ1) is 75.0. The molecule has 0 unspecified atom stereocenters. The topological polar surface area (TPSA) is 0 Å². The second-order valence-electron chi connectivity index (χ2n) is 16.1. The van der Waals surface area contributed by atoms with E-state index in [0.717, 1.165) is 25.7 Å². The monoisotopic (exact) mass is 845 g/mol. The Kier molecular flexibility index (Phi) is 87.5. The van der Waals surface area contributed by atoms with Crippen molar-refractivity contribution in [2.24, 2.45) is 0 Å². The first-order valence-corrected chi connectivity index (χ1v) is 24.6. The van der Waals surface area contributed by atoms with Crippen LogP contribution in [-0.4, -0.2) is 0 Å². The molecule has 61 heavy (non-hydrogen) atoms. The van der Waals surface area contributed by atoms with Crippen molar-refractivity contribution in [3.63, 3.8) is 0 Å². The Balaban J connectivity index is -0.000000185. The number of hydrogen-bond donors (Lipinski definition) is 0. The molecule has 0 aliphatic heterocycles. The van der Waals surface area contributed by atoms with Crippen LogP contribution in [-0.2, 0) is 0 Å². The minimum Gasteiger partial charge on any atom is -0.0856 e. The zero-order chi connectivity index (χ0) is 49.1. The maximum Gasteiger partial charge on any atom is -0.0285 e. The molecule has 0 saturated carbocycles. The quantitative estimate of drug-likeness (QED) is 0.107. The van der Waals surface area contributed by atoms with Gasteiger partial charge in [0.25, 0.3) is 0 Å². The molecular formula is C61H112. The maximum atomic E-state index is 2.30. The lowest BCUT2D eigenvalue weighted by Gasteiger charge is -1.96. The van der Waals surface area contributed by atoms with Crippen molar-refractivity contribution in [1.82, 2.24) is 0 Å². The van der Waals surface area contributed by atoms with Crippen molar-refractivity contribution >= 4 is 0 Å². The van der Waals surface area contributed by atoms with E-state index in [1.807, 2.05) is 0 Å². The average Bonchev–Trinajstić information content (AvgIpc) is 3.15. The molecule has 0 N–H and O–H groups in total. The molecule has 0 aliphatic rings. The highest BCUT2D eigenvalue weighted by atomic mass is 13.9. The Morgan fingerprint density at radius 1 is 0.262 bits per heavy atom. The first-order valence-electron chi connectivity index (χ1n) is 24.6. The third-order valence-electron chi connectivity index (χ3n) is 5.93. The van der Waals surface area contributed by atoms with E-state index >= 15 is 0 Å². The number of rotatable bonds is 16. The van der Waals surface area contributed by atoms with Crippen LogP contribution in [0.4, 0.5) is 0 Å². The summed E-state index contributed by atoms with van der Waals surface area (Å²) in [6.45, 7) is 51.3. The molecule has 0 aromatic carbocycles. The highest BCUT2D eigenvalue weighted by Gasteiger charge is 1.88. The SMILES string of the molecule is CC(C)=CCC/C(C)=C/C=C/C(C)=C/C=C/C(C)=C/C=C/C=C(C)/C=C/C=C(C)/C=C/C=C(\C)CCC=C(C)C.CCC.CCC.CCC.CCC.CCC.CCC.CCC. The van der Waals surface area contributed by atoms with E-state index in [0.29, 0.717) is 0 Å². The van der Waals surface area contributed by atoms with Gasteiger partial charge in [0.2, 0.25) is 0 Å². The summed E-state index contributed by atoms with van der Waals surface area (Å²) in [6, 6.07) is 0. The Hall–Kier alpha value is -3.38. The van der Waals surface area contributed by atoms with E-state index in [2.05, 4.69) is 276 Å². The summed E-state index contributed by atoms with van der Waals surface area (Å²) in [6.07, 6.45) is 52.1. The fourth-order valence-electron chi connectivity index (χ4n) is 3.41. The number of allylic oxidation sites excluding steroid dienone is 26. The zero-order valence-electron chi connectivity index (χ0n) is 46.2. The summed E-state index contributed by atoms with van der Waals surface area (Å²) in [4.78, 5) is 0. The predicted molar refractivity (Wildman–Crippen MR) is 297 cm³/mol. The van der Waals surface area contributed by atoms with E-state index in [1.165, 1.54) is 89.5 Å². The normalized spacial score (nSPS) is 11.9. The molecule has 0 aliphatic carbocycles. The third-order valence-corrected chi connectivity index (χ3v) is 5.93. The Labute approximate surface area is 389 Å². The molecule has 0 aromatic heterocycles. The molecule has 356 valence electrons. The zero-order valence-corrected chi connectivity index (χ0v) is 46.2. The maximum absolute atomic E-state index is 2.30. The van der Waals surface area contributed by atoms with E-state index in [4.69, 9.17) is 0 Å². The highest BCUT2D eigenvalue weighted by Crippen LogP contribution is 2.09. The molecule has 0 saturated heterocycles. The first-order chi connectivity index (χ1) is 28.9. The van der Waals surface area contributed by atoms with Gasteiger partial charge in [-0.05, 0) is 94.9 Å². The van der Waals surface area contributed by atoms with Crippen LogP contribution in [0, 0.1) is 0 Å². The molecular weight excluding hydrogens is 733 g/mol. The van der Waals surface area contributed by atoms with Crippen molar-refractivity contribution in [3.05, 3.63) is 154 Å². The van der Waals surface area contributed by atoms with Crippen LogP contribution in [0.15, 0.2) is 154 Å². The van der Waals surface area contributed by atoms with Crippen molar-refractivity contribution in [2.45, 2.75) is 237 Å². The van der Waals surface area contributed by atoms with Gasteiger partial charge in [-0.2, -0.15) is 0 Å². The van der Waals surface area contributed by atoms with Gasteiger partial charge in [-0.15, -0.1) is 0 Å². The fourth-order valence-corrected chi connectivity index (χ4v) is 3.41. The van der Waals surface area contributed by atoms with Crippen molar-refractivity contribution < 1.29 is 0 Å². The smallest absolute Gasteiger partial charge is 0.0285 e. The van der Waals surface area contributed by atoms with Crippen LogP contribution in [0.2, 0.25) is 0 Å². The van der Waals surface area contributed by atoms with Gasteiger partial charge >= 0.3 is 0 Å². The molecule has 0 fully saturated rings. The summed E-state index contributed by atoms with van der Waals surface area (Å²) in [5.74, 6) is 0. The van der Waals surface area contributed by atoms with Gasteiger partial charge in [-0.3, -0.25) is 0 Å². The summed E-state index contributed by atoms with van der Waals surface area (Å²) in [5, 5.41) is 0. The molecule has 0 bridgehead atoms. The Bertz CT molecular complexity index is 1140. The van der Waals surface area contributed by atoms with Crippen molar-refractivity contribution in [3.8, 4) is 0 Å². The summed E-state index contributed by atoms with van der Waals surface area (Å²) in [7, 11) is 0. The molecule has 0 nitrogen and oxygen atoms in total. The molecule has 0 aromatic rings. The van der Waals surface area contributed by atoms with Gasteiger partial charge in [-0.1, -0.05) is 296 Å². The Morgan fingerprint density at radius 2 is 0.443 bits per heavy atom. The second kappa shape index (κ2) is 71.1. The summed E-state index contributed by atoms with van der Waals surface area (Å²) in [5.41, 5.74) is 10.5. The second-order valence-corrected chi connectivity index (χ2v) is 16.1. The standard InChI is InChI=1S/C40H56.7C3H8/c1-33(2)19-13-23-37(7)27-17-31-39(9)29-15-25-35(5)21-11-12-22-36(6)26-16-30-40(10)32-18-28-38(8)24-14-20-34(3)4;7*1-3-2/h11-12,15-22,25-32H,13-14,23-24H2,1-10H3;7*3H2,1-2H3/b12-11+,25-15+,26-16+,31-17+,32-18+,35-21+,36-22+,37-27+,38-28+,39-29+,40-30+;;;;;;;. The van der Waals surface area contributed by atoms with Crippen LogP contribution in [0.5, 0.6) is 0 Å². The largest absolute Gasteiger partial charge is 0.0856 e. The van der Waals surface area contributed by atoms with E-state index in [-0.39, 0.29) is 0 Å². The Morgan fingerprint density at radius 3 is 0.639 bits per heavy atom. The predicted octanol–water partition coefficient (Wildman–Crippen LogP) is 22.9. The average molecular weight is 846 g/mol. The van der Waals surface area contributed by atoms with Crippen molar-refractivity contribution in [1.29, 1.82) is 0 Å².